The lowest BCUT2D eigenvalue weighted by molar-refractivity contribution is -0.151. The minimum absolute atomic E-state index is 0.146. The molecule has 2 aromatic carbocycles. The molecule has 0 amide bonds. The lowest BCUT2D eigenvalue weighted by Gasteiger charge is -2.32. The molecule has 8 heteroatoms. The standard InChI is InChI=1S/C34H35Cl2NO5/c1-6-34(4,32(40)41-5)19-23-16-26-17-25(14-15-37(26)20-23)30(39)33(2,3)31(42-21-22-10-8-7-9-11-22)29(38)24-12-13-27(35)28(36)18-24/h7-18,20,31H,6,19,21H2,1-5H3. The fourth-order valence-corrected chi connectivity index (χ4v) is 5.40. The summed E-state index contributed by atoms with van der Waals surface area (Å²) in [5, 5.41) is 0.574. The molecule has 0 aliphatic heterocycles. The van der Waals surface area contributed by atoms with Crippen LogP contribution >= 0.6 is 23.2 Å². The van der Waals surface area contributed by atoms with Crippen LogP contribution in [0.3, 0.4) is 0 Å². The number of carbonyl (C=O) groups excluding carboxylic acids is 3. The number of halogens is 2. The van der Waals surface area contributed by atoms with Crippen LogP contribution in [0.15, 0.2) is 79.1 Å². The van der Waals surface area contributed by atoms with Crippen LogP contribution in [-0.2, 0) is 27.3 Å². The molecule has 2 heterocycles. The number of esters is 1. The second kappa shape index (κ2) is 12.8. The molecular formula is C34H35Cl2NO5. The van der Waals surface area contributed by atoms with Gasteiger partial charge in [-0.3, -0.25) is 14.4 Å². The summed E-state index contributed by atoms with van der Waals surface area (Å²) in [6, 6.07) is 19.6. The maximum absolute atomic E-state index is 14.1. The molecule has 0 spiro atoms. The molecule has 0 bridgehead atoms. The summed E-state index contributed by atoms with van der Waals surface area (Å²) < 4.78 is 13.2. The van der Waals surface area contributed by atoms with Crippen LogP contribution in [-0.4, -0.2) is 35.2 Å². The van der Waals surface area contributed by atoms with Gasteiger partial charge in [0, 0.05) is 29.0 Å². The van der Waals surface area contributed by atoms with E-state index in [1.54, 1.807) is 38.1 Å². The van der Waals surface area contributed by atoms with Gasteiger partial charge in [0.1, 0.15) is 6.10 Å². The Labute approximate surface area is 256 Å². The quantitative estimate of drug-likeness (QED) is 0.120. The second-order valence-corrected chi connectivity index (χ2v) is 12.2. The molecule has 0 N–H and O–H groups in total. The van der Waals surface area contributed by atoms with Gasteiger partial charge in [0.15, 0.2) is 11.6 Å². The van der Waals surface area contributed by atoms with E-state index in [4.69, 9.17) is 32.7 Å². The first-order chi connectivity index (χ1) is 19.9. The van der Waals surface area contributed by atoms with E-state index in [9.17, 15) is 14.4 Å². The van der Waals surface area contributed by atoms with Crippen molar-refractivity contribution in [2.75, 3.05) is 7.11 Å². The number of nitrogens with zero attached hydrogens (tertiary/aromatic N) is 1. The summed E-state index contributed by atoms with van der Waals surface area (Å²) in [5.74, 6) is -0.867. The van der Waals surface area contributed by atoms with E-state index in [1.807, 2.05) is 67.0 Å². The summed E-state index contributed by atoms with van der Waals surface area (Å²) in [5.41, 5.74) is 1.48. The van der Waals surface area contributed by atoms with Crippen LogP contribution in [0.1, 0.15) is 66.0 Å². The fraction of sp³-hybridized carbons (Fsp3) is 0.324. The summed E-state index contributed by atoms with van der Waals surface area (Å²) >= 11 is 12.3. The van der Waals surface area contributed by atoms with Crippen molar-refractivity contribution in [3.05, 3.63) is 111 Å². The number of Topliss-reactive ketones (excluding diaryl/α,β-unsaturated/α-hetero) is 2. The molecule has 2 aromatic heterocycles. The van der Waals surface area contributed by atoms with Crippen LogP contribution in [0.5, 0.6) is 0 Å². The highest BCUT2D eigenvalue weighted by atomic mass is 35.5. The van der Waals surface area contributed by atoms with Gasteiger partial charge < -0.3 is 13.9 Å². The molecule has 0 aliphatic carbocycles. The smallest absolute Gasteiger partial charge is 0.311 e. The van der Waals surface area contributed by atoms with E-state index in [2.05, 4.69) is 0 Å². The molecular weight excluding hydrogens is 573 g/mol. The molecule has 4 aromatic rings. The minimum Gasteiger partial charge on any atom is -0.469 e. The second-order valence-electron chi connectivity index (χ2n) is 11.4. The number of ether oxygens (including phenoxy) is 2. The number of hydrogen-bond donors (Lipinski definition) is 0. The molecule has 0 aliphatic rings. The molecule has 0 saturated heterocycles. The average Bonchev–Trinajstić information content (AvgIpc) is 3.39. The zero-order valence-corrected chi connectivity index (χ0v) is 26.0. The van der Waals surface area contributed by atoms with Crippen molar-refractivity contribution in [3.63, 3.8) is 0 Å². The fourth-order valence-electron chi connectivity index (χ4n) is 5.10. The van der Waals surface area contributed by atoms with Crippen LogP contribution < -0.4 is 0 Å². The van der Waals surface area contributed by atoms with Crippen molar-refractivity contribution < 1.29 is 23.9 Å². The first-order valence-electron chi connectivity index (χ1n) is 13.8. The summed E-state index contributed by atoms with van der Waals surface area (Å²) in [4.78, 5) is 40.3. The van der Waals surface area contributed by atoms with Gasteiger partial charge in [-0.05, 0) is 81.1 Å². The average molecular weight is 609 g/mol. The van der Waals surface area contributed by atoms with Crippen molar-refractivity contribution >= 4 is 46.3 Å². The molecule has 0 fully saturated rings. The van der Waals surface area contributed by atoms with Gasteiger partial charge in [-0.1, -0.05) is 60.5 Å². The topological polar surface area (TPSA) is 74.1 Å². The van der Waals surface area contributed by atoms with Crippen molar-refractivity contribution in [3.8, 4) is 0 Å². The molecule has 4 rings (SSSR count). The third-order valence-electron chi connectivity index (χ3n) is 7.91. The highest BCUT2D eigenvalue weighted by Crippen LogP contribution is 2.34. The summed E-state index contributed by atoms with van der Waals surface area (Å²) in [6.07, 6.45) is 3.78. The van der Waals surface area contributed by atoms with Gasteiger partial charge in [-0.2, -0.15) is 0 Å². The Kier molecular flexibility index (Phi) is 9.61. The molecule has 2 unspecified atom stereocenters. The van der Waals surface area contributed by atoms with Crippen LogP contribution in [0.25, 0.3) is 5.52 Å². The van der Waals surface area contributed by atoms with Crippen molar-refractivity contribution in [1.82, 2.24) is 4.40 Å². The Morgan fingerprint density at radius 1 is 0.881 bits per heavy atom. The largest absolute Gasteiger partial charge is 0.469 e. The minimum atomic E-state index is -1.24. The summed E-state index contributed by atoms with van der Waals surface area (Å²) in [7, 11) is 1.40. The van der Waals surface area contributed by atoms with Crippen LogP contribution in [0, 0.1) is 10.8 Å². The van der Waals surface area contributed by atoms with Gasteiger partial charge in [-0.25, -0.2) is 0 Å². The highest BCUT2D eigenvalue weighted by Gasteiger charge is 2.43. The Morgan fingerprint density at radius 3 is 2.24 bits per heavy atom. The number of aromatic nitrogens is 1. The van der Waals surface area contributed by atoms with Crippen LogP contribution in [0.4, 0.5) is 0 Å². The Balaban J connectivity index is 1.66. The maximum atomic E-state index is 14.1. The van der Waals surface area contributed by atoms with Crippen molar-refractivity contribution in [2.45, 2.75) is 53.2 Å². The van der Waals surface area contributed by atoms with E-state index >= 15 is 0 Å². The first kappa shape index (κ1) is 31.5. The Hall–Kier alpha value is -3.45. The molecule has 0 radical (unpaired) electrons. The third-order valence-corrected chi connectivity index (χ3v) is 8.65. The number of pyridine rings is 1. The maximum Gasteiger partial charge on any atom is 0.311 e. The predicted molar refractivity (Wildman–Crippen MR) is 165 cm³/mol. The Bertz CT molecular complexity index is 1610. The molecule has 0 saturated carbocycles. The van der Waals surface area contributed by atoms with E-state index in [0.717, 1.165) is 16.6 Å². The zero-order valence-electron chi connectivity index (χ0n) is 24.4. The molecule has 220 valence electrons. The number of hydrogen-bond acceptors (Lipinski definition) is 5. The van der Waals surface area contributed by atoms with Gasteiger partial charge in [0.25, 0.3) is 0 Å². The van der Waals surface area contributed by atoms with Gasteiger partial charge in [0.2, 0.25) is 0 Å². The Morgan fingerprint density at radius 2 is 1.60 bits per heavy atom. The number of carbonyl (C=O) groups is 3. The first-order valence-corrected chi connectivity index (χ1v) is 14.5. The van der Waals surface area contributed by atoms with E-state index in [1.165, 1.54) is 13.2 Å². The summed E-state index contributed by atoms with van der Waals surface area (Å²) in [6.45, 7) is 7.43. The number of methoxy groups -OCH3 is 1. The SMILES string of the molecule is CCC(C)(Cc1cc2cc(C(=O)C(C)(C)C(OCc3ccccc3)C(=O)c3ccc(Cl)c(Cl)c3)ccn2c1)C(=O)OC. The number of ketones is 2. The van der Waals surface area contributed by atoms with E-state index in [-0.39, 0.29) is 29.2 Å². The lowest BCUT2D eigenvalue weighted by Crippen LogP contribution is -2.44. The zero-order chi connectivity index (χ0) is 30.7. The highest BCUT2D eigenvalue weighted by molar-refractivity contribution is 6.42. The molecule has 2 atom stereocenters. The van der Waals surface area contributed by atoms with E-state index in [0.29, 0.717) is 29.0 Å². The number of rotatable bonds is 12. The van der Waals surface area contributed by atoms with Crippen molar-refractivity contribution in [1.29, 1.82) is 0 Å². The lowest BCUT2D eigenvalue weighted by atomic mass is 9.76. The molecule has 6 nitrogen and oxygen atoms in total. The molecule has 42 heavy (non-hydrogen) atoms. The number of fused-ring (bicyclic) bond motifs is 1. The predicted octanol–water partition coefficient (Wildman–Crippen LogP) is 8.06. The van der Waals surface area contributed by atoms with Gasteiger partial charge >= 0.3 is 5.97 Å². The van der Waals surface area contributed by atoms with E-state index < -0.39 is 16.9 Å². The van der Waals surface area contributed by atoms with Gasteiger partial charge in [0.05, 0.1) is 34.6 Å². The third kappa shape index (κ3) is 6.62. The number of benzene rings is 2. The van der Waals surface area contributed by atoms with Gasteiger partial charge in [-0.15, -0.1) is 0 Å². The monoisotopic (exact) mass is 607 g/mol. The van der Waals surface area contributed by atoms with Crippen LogP contribution in [0.2, 0.25) is 10.0 Å². The van der Waals surface area contributed by atoms with Crippen molar-refractivity contribution in [2.24, 2.45) is 10.8 Å². The normalized spacial score (nSPS) is 13.9.